The molecule has 0 aliphatic rings. The van der Waals surface area contributed by atoms with Crippen LogP contribution < -0.4 is 0 Å². The molecule has 0 aliphatic heterocycles. The van der Waals surface area contributed by atoms with Gasteiger partial charge in [0.25, 0.3) is 0 Å². The van der Waals surface area contributed by atoms with E-state index in [0.29, 0.717) is 0 Å². The summed E-state index contributed by atoms with van der Waals surface area (Å²) in [5.74, 6) is 0. The first-order valence-corrected chi connectivity index (χ1v) is 0. The van der Waals surface area contributed by atoms with E-state index in [1.165, 1.54) is 0 Å². The van der Waals surface area contributed by atoms with Crippen molar-refractivity contribution in [3.63, 3.8) is 0 Å². The summed E-state index contributed by atoms with van der Waals surface area (Å²) in [6.07, 6.45) is 0. The normalized spacial score (nSPS) is 0. The van der Waals surface area contributed by atoms with Gasteiger partial charge in [0.1, 0.15) is 0 Å². The topological polar surface area (TPSA) is 0 Å². The Labute approximate surface area is 113 Å². The Bertz CT molecular complexity index is 13.5. The van der Waals surface area contributed by atoms with Crippen molar-refractivity contribution in [3.8, 4) is 0 Å². The van der Waals surface area contributed by atoms with E-state index in [9.17, 15) is 0 Å². The van der Waals surface area contributed by atoms with Crippen LogP contribution in [-0.4, -0.2) is 58.7 Å². The molecule has 0 saturated carbocycles. The maximum absolute atomic E-state index is 0. The van der Waals surface area contributed by atoms with Crippen LogP contribution in [0.1, 0.15) is 0 Å². The summed E-state index contributed by atoms with van der Waals surface area (Å²) in [7, 11) is 0. The average Bonchev–Trinajstić information content (AvgIpc) is 0. The second kappa shape index (κ2) is 38.0. The van der Waals surface area contributed by atoms with E-state index in [1.807, 2.05) is 0 Å². The molecule has 0 bridgehead atoms. The van der Waals surface area contributed by atoms with Gasteiger partial charge in [0, 0.05) is 56.5 Å². The van der Waals surface area contributed by atoms with Crippen LogP contribution in [0, 0.1) is 0 Å². The first-order valence-electron chi connectivity index (χ1n) is 0. The van der Waals surface area contributed by atoms with Gasteiger partial charge in [-0.25, -0.2) is 0 Å². The van der Waals surface area contributed by atoms with Crippen molar-refractivity contribution in [2.45, 2.75) is 0 Å². The molecule has 1 atom stereocenters. The first kappa shape index (κ1) is 54.2. The summed E-state index contributed by atoms with van der Waals surface area (Å²) in [5.41, 5.74) is 0. The Morgan fingerprint density at radius 1 is 0.833 bits per heavy atom. The Kier molecular flexibility index (Phi) is 344. The summed E-state index contributed by atoms with van der Waals surface area (Å²) in [6, 6.07) is 0. The van der Waals surface area contributed by atoms with Gasteiger partial charge in [-0.1, -0.05) is 0 Å². The van der Waals surface area contributed by atoms with E-state index in [-0.39, 0.29) is 115 Å². The fourth-order valence-corrected chi connectivity index (χ4v) is 0. The zero-order chi connectivity index (χ0) is 0. The second-order valence-corrected chi connectivity index (χ2v) is 0. The van der Waals surface area contributed by atoms with Gasteiger partial charge in [0.15, 0.2) is 0 Å². The molecule has 0 nitrogen and oxygen atoms in total. The van der Waals surface area contributed by atoms with Crippen molar-refractivity contribution in [3.05, 3.63) is 0 Å². The van der Waals surface area contributed by atoms with Crippen molar-refractivity contribution in [1.82, 2.24) is 0 Å². The predicted octanol–water partition coefficient (Wildman–Crippen LogP) is -3.02. The van der Waals surface area contributed by atoms with Crippen molar-refractivity contribution in [2.75, 3.05) is 0 Å². The van der Waals surface area contributed by atoms with Gasteiger partial charge in [-0.05, 0) is 0 Å². The van der Waals surface area contributed by atoms with Gasteiger partial charge in [-0.2, -0.15) is 0 Å². The van der Waals surface area contributed by atoms with Crippen LogP contribution in [0.3, 0.4) is 0 Å². The van der Waals surface area contributed by atoms with Crippen molar-refractivity contribution < 1.29 is 56.5 Å². The molecule has 0 rings (SSSR count). The summed E-state index contributed by atoms with van der Waals surface area (Å²) in [6.45, 7) is 0. The molecule has 0 amide bonds. The third-order valence-electron chi connectivity index (χ3n) is 0. The van der Waals surface area contributed by atoms with Crippen LogP contribution in [0.2, 0.25) is 0 Å². The van der Waals surface area contributed by atoms with Crippen LogP contribution in [0.4, 0.5) is 0 Å². The summed E-state index contributed by atoms with van der Waals surface area (Å²) in [5, 5.41) is 0. The second-order valence-electron chi connectivity index (χ2n) is 0. The molecule has 0 aliphatic carbocycles. The van der Waals surface area contributed by atoms with E-state index in [0.717, 1.165) is 0 Å². The van der Waals surface area contributed by atoms with Gasteiger partial charge in [0.05, 0.1) is 0 Å². The molecule has 0 saturated heterocycles. The molecule has 57 valence electrons. The van der Waals surface area contributed by atoms with Crippen molar-refractivity contribution >= 4 is 58.7 Å². The Morgan fingerprint density at radius 3 is 0.833 bits per heavy atom. The summed E-state index contributed by atoms with van der Waals surface area (Å²) >= 11 is 0. The van der Waals surface area contributed by atoms with Gasteiger partial charge < -0.3 is 0 Å². The van der Waals surface area contributed by atoms with Crippen LogP contribution >= 0.6 is 0 Å². The fourth-order valence-electron chi connectivity index (χ4n) is 0. The van der Waals surface area contributed by atoms with Gasteiger partial charge in [0.2, 0.25) is 0 Å². The molecular formula is H7AgAsCu2SeTe. The zero-order valence-electron chi connectivity index (χ0n) is 2.61. The van der Waals surface area contributed by atoms with Crippen LogP contribution in [0.25, 0.3) is 0 Å². The average molecular weight is 523 g/mol. The monoisotopic (exact) mass is 525 g/mol. The van der Waals surface area contributed by atoms with Crippen LogP contribution in [0.5, 0.6) is 0 Å². The number of rotatable bonds is 0. The van der Waals surface area contributed by atoms with E-state index in [4.69, 9.17) is 0 Å². The van der Waals surface area contributed by atoms with Gasteiger partial charge in [-0.3, -0.25) is 0 Å². The van der Waals surface area contributed by atoms with E-state index >= 15 is 0 Å². The van der Waals surface area contributed by atoms with Crippen molar-refractivity contribution in [1.29, 1.82) is 0 Å². The zero-order valence-corrected chi connectivity index (χ0v) is 13.9. The van der Waals surface area contributed by atoms with Crippen molar-refractivity contribution in [2.24, 2.45) is 0 Å². The summed E-state index contributed by atoms with van der Waals surface area (Å²) < 4.78 is 0. The van der Waals surface area contributed by atoms with E-state index in [2.05, 4.69) is 0 Å². The predicted molar refractivity (Wildman–Crippen MR) is 27.0 cm³/mol. The molecule has 0 aromatic heterocycles. The van der Waals surface area contributed by atoms with Crippen LogP contribution in [-0.2, 0) is 56.5 Å². The Hall–Kier alpha value is 3.65. The fraction of sp³-hybridized carbons (Fsp3) is 0. The summed E-state index contributed by atoms with van der Waals surface area (Å²) in [4.78, 5) is 0. The Balaban J connectivity index is 0. The quantitative estimate of drug-likeness (QED) is 0.297. The third-order valence-corrected chi connectivity index (χ3v) is 0. The molecule has 0 heterocycles. The molecule has 0 spiro atoms. The SMILES string of the molecule is [Ag].[AsH3].[Cu].[Cu].[SeH2].[TeH2]. The van der Waals surface area contributed by atoms with E-state index in [1.54, 1.807) is 0 Å². The standard InChI is InChI=1S/Ag.AsH3.2Cu.H2Se.H2Te/h;1H3;;;2*1H2. The third kappa shape index (κ3) is 25.4. The molecule has 6 heavy (non-hydrogen) atoms. The Morgan fingerprint density at radius 2 is 0.833 bits per heavy atom. The molecule has 0 N–H and O–H groups in total. The molecule has 3 radical (unpaired) electrons. The number of hydrogen-bond acceptors (Lipinski definition) is 0. The molecule has 0 aromatic carbocycles. The minimum atomic E-state index is 0. The van der Waals surface area contributed by atoms with E-state index < -0.39 is 0 Å². The maximum atomic E-state index is 0. The van der Waals surface area contributed by atoms with Gasteiger partial charge in [-0.15, -0.1) is 0 Å². The molecular weight excluding hydrogens is 516 g/mol. The molecule has 6 heteroatoms. The number of hydrogen-bond donors (Lipinski definition) is 0. The molecule has 0 aromatic rings. The minimum absolute atomic E-state index is 0. The first-order chi connectivity index (χ1) is 0. The molecule has 1 unspecified atom stereocenters. The van der Waals surface area contributed by atoms with Gasteiger partial charge >= 0.3 is 58.7 Å². The van der Waals surface area contributed by atoms with Crippen LogP contribution in [0.15, 0.2) is 0 Å². The molecule has 0 fully saturated rings.